The summed E-state index contributed by atoms with van der Waals surface area (Å²) in [7, 11) is 4.96. The Hall–Kier alpha value is -12.5. The van der Waals surface area contributed by atoms with Crippen molar-refractivity contribution in [1.29, 1.82) is 0 Å². The molecule has 0 aliphatic carbocycles. The van der Waals surface area contributed by atoms with E-state index in [0.29, 0.717) is 179 Å². The lowest BCUT2D eigenvalue weighted by Crippen LogP contribution is -2.55. The van der Waals surface area contributed by atoms with Crippen molar-refractivity contribution in [3.63, 3.8) is 0 Å². The van der Waals surface area contributed by atoms with Gasteiger partial charge in [-0.15, -0.1) is 0 Å². The molecule has 704 valence electrons. The molecule has 10 heterocycles. The Morgan fingerprint density at radius 3 is 0.697 bits per heavy atom. The van der Waals surface area contributed by atoms with Crippen LogP contribution in [0.25, 0.3) is 0 Å². The molecule has 36 heteroatoms. The number of carbonyl (C=O) groups excluding carboxylic acids is 12. The van der Waals surface area contributed by atoms with Crippen LogP contribution >= 0.6 is 0 Å². The summed E-state index contributed by atoms with van der Waals surface area (Å²) in [5.41, 5.74) is 7.95. The fraction of sp³-hybridized carbons (Fsp3) is 0.500. The van der Waals surface area contributed by atoms with Crippen LogP contribution in [0.3, 0.4) is 0 Å². The second kappa shape index (κ2) is 43.7. The SMILES string of the molecule is COC(=O)N[C@H](C(=O)N1CCC[C@H]1C(=O)Nc1ccc([C@@H]2CC[C@@H](c3ccc(NC(=O)[C@@H]4CCCN4C(=O)[C@@H](NC(=O)OC)[C@H]4CCOC4)cc3)N2c2ccc(F)cc2)cc1)[C@H]1CCOC1.COC(=O)N[C@H](C(=O)N1CCC[C@H]1C(=O)Nc1ccc([C@H]2CC[C@H](c3ccc(NC(=O)[C@@H]4CCCN4C(=O)[C@@H](NC(=O)OC)[C@H]4CCOC4)cc3)N2c2ccc(F)cc2)cc1)[C@H]1CCOC1. The number of methoxy groups -OCH3 is 4. The highest BCUT2D eigenvalue weighted by molar-refractivity contribution is 6.02. The Labute approximate surface area is 764 Å². The van der Waals surface area contributed by atoms with Crippen LogP contribution in [0, 0.1) is 35.3 Å². The normalized spacial score (nSPS) is 24.7. The summed E-state index contributed by atoms with van der Waals surface area (Å²) >= 11 is 0. The summed E-state index contributed by atoms with van der Waals surface area (Å²) in [6, 6.07) is 36.7. The Kier molecular flexibility index (Phi) is 31.1. The third-order valence-corrected chi connectivity index (χ3v) is 27.3. The average Bonchev–Trinajstić information content (AvgIpc) is 1.62. The molecular formula is C96H116F2N14O20. The molecule has 0 radical (unpaired) electrons. The predicted molar refractivity (Wildman–Crippen MR) is 479 cm³/mol. The molecular weight excluding hydrogens is 1710 g/mol. The molecule has 0 aromatic heterocycles. The molecule has 6 aromatic carbocycles. The number of alkyl carbamates (subject to hydrolysis) is 4. The van der Waals surface area contributed by atoms with Gasteiger partial charge in [0, 0.05) is 110 Å². The lowest BCUT2D eigenvalue weighted by Gasteiger charge is -2.33. The number of hydrogen-bond acceptors (Lipinski definition) is 22. The van der Waals surface area contributed by atoms with E-state index >= 15 is 0 Å². The number of carbonyl (C=O) groups is 12. The topological polar surface area (TPSA) is 394 Å². The lowest BCUT2D eigenvalue weighted by atomic mass is 9.97. The minimum Gasteiger partial charge on any atom is -0.453 e. The number of likely N-dealkylation sites (tertiary alicyclic amines) is 4. The summed E-state index contributed by atoms with van der Waals surface area (Å²) in [4.78, 5) is 170. The highest BCUT2D eigenvalue weighted by Gasteiger charge is 2.48. The van der Waals surface area contributed by atoms with Crippen LogP contribution in [-0.2, 0) is 76.3 Å². The maximum atomic E-state index is 14.2. The first kappa shape index (κ1) is 94.1. The van der Waals surface area contributed by atoms with E-state index < -0.39 is 72.7 Å². The van der Waals surface area contributed by atoms with Crippen LogP contribution in [0.1, 0.15) is 149 Å². The number of nitrogens with zero attached hydrogens (tertiary/aromatic N) is 6. The fourth-order valence-electron chi connectivity index (χ4n) is 20.4. The van der Waals surface area contributed by atoms with Crippen molar-refractivity contribution < 1.29 is 104 Å². The number of benzene rings is 6. The van der Waals surface area contributed by atoms with Crippen LogP contribution < -0.4 is 52.3 Å². The summed E-state index contributed by atoms with van der Waals surface area (Å²) in [6.07, 6.45) is 7.20. The van der Waals surface area contributed by atoms with Gasteiger partial charge in [0.2, 0.25) is 47.3 Å². The van der Waals surface area contributed by atoms with Crippen LogP contribution in [0.2, 0.25) is 0 Å². The minimum absolute atomic E-state index is 0.0921. The van der Waals surface area contributed by atoms with Crippen LogP contribution in [0.15, 0.2) is 146 Å². The molecule has 34 nitrogen and oxygen atoms in total. The molecule has 132 heavy (non-hydrogen) atoms. The van der Waals surface area contributed by atoms with Gasteiger partial charge in [-0.3, -0.25) is 38.4 Å². The van der Waals surface area contributed by atoms with Crippen molar-refractivity contribution >= 4 is 106 Å². The predicted octanol–water partition coefficient (Wildman–Crippen LogP) is 10.6. The van der Waals surface area contributed by atoms with Crippen molar-refractivity contribution in [2.45, 2.75) is 175 Å². The van der Waals surface area contributed by atoms with Crippen LogP contribution in [0.4, 0.5) is 62.1 Å². The van der Waals surface area contributed by atoms with E-state index in [9.17, 15) is 66.3 Å². The molecule has 0 bridgehead atoms. The minimum atomic E-state index is -0.867. The smallest absolute Gasteiger partial charge is 0.407 e. The maximum Gasteiger partial charge on any atom is 0.407 e. The third-order valence-electron chi connectivity index (χ3n) is 27.3. The first-order valence-corrected chi connectivity index (χ1v) is 45.7. The highest BCUT2D eigenvalue weighted by atomic mass is 19.1. The second-order valence-electron chi connectivity index (χ2n) is 35.1. The van der Waals surface area contributed by atoms with Gasteiger partial charge in [0.05, 0.1) is 79.0 Å². The van der Waals surface area contributed by atoms with E-state index in [-0.39, 0.29) is 107 Å². The first-order chi connectivity index (χ1) is 64.0. The third kappa shape index (κ3) is 21.9. The quantitative estimate of drug-likeness (QED) is 0.0234. The zero-order valence-electron chi connectivity index (χ0n) is 74.5. The summed E-state index contributed by atoms with van der Waals surface area (Å²) in [5, 5.41) is 22.7. The highest BCUT2D eigenvalue weighted by Crippen LogP contribution is 2.50. The number of rotatable bonds is 26. The number of halogens is 2. The summed E-state index contributed by atoms with van der Waals surface area (Å²) in [5.74, 6) is -4.18. The molecule has 0 spiro atoms. The van der Waals surface area contributed by atoms with E-state index in [1.165, 1.54) is 52.7 Å². The Balaban J connectivity index is 0.000000202. The molecule has 0 unspecified atom stereocenters. The van der Waals surface area contributed by atoms with E-state index in [2.05, 4.69) is 52.3 Å². The number of hydrogen-bond donors (Lipinski definition) is 8. The summed E-state index contributed by atoms with van der Waals surface area (Å²) < 4.78 is 69.6. The van der Waals surface area contributed by atoms with E-state index in [0.717, 1.165) is 59.3 Å². The number of nitrogens with one attached hydrogen (secondary N) is 8. The molecule has 0 saturated carbocycles. The van der Waals surface area contributed by atoms with Gasteiger partial charge in [0.1, 0.15) is 60.0 Å². The van der Waals surface area contributed by atoms with Gasteiger partial charge in [-0.1, -0.05) is 48.5 Å². The molecule has 16 atom stereocenters. The van der Waals surface area contributed by atoms with Gasteiger partial charge in [-0.2, -0.15) is 0 Å². The van der Waals surface area contributed by atoms with Gasteiger partial charge in [0.15, 0.2) is 0 Å². The van der Waals surface area contributed by atoms with E-state index in [1.54, 1.807) is 43.9 Å². The zero-order chi connectivity index (χ0) is 92.6. The lowest BCUT2D eigenvalue weighted by molar-refractivity contribution is -0.139. The molecule has 10 aliphatic heterocycles. The number of ether oxygens (including phenoxy) is 8. The Morgan fingerprint density at radius 1 is 0.295 bits per heavy atom. The van der Waals surface area contributed by atoms with Crippen molar-refractivity contribution in [2.24, 2.45) is 23.7 Å². The second-order valence-corrected chi connectivity index (χ2v) is 35.1. The van der Waals surface area contributed by atoms with Gasteiger partial charge in [-0.05, 0) is 222 Å². The molecule has 10 aliphatic rings. The molecule has 10 fully saturated rings. The number of amides is 12. The molecule has 12 amide bonds. The van der Waals surface area contributed by atoms with Crippen molar-refractivity contribution in [3.05, 3.63) is 179 Å². The molecule has 8 N–H and O–H groups in total. The summed E-state index contributed by atoms with van der Waals surface area (Å²) in [6.45, 7) is 4.81. The number of anilines is 6. The van der Waals surface area contributed by atoms with Crippen LogP contribution in [0.5, 0.6) is 0 Å². The first-order valence-electron chi connectivity index (χ1n) is 45.7. The molecule has 16 rings (SSSR count). The van der Waals surface area contributed by atoms with Gasteiger partial charge in [0.25, 0.3) is 0 Å². The van der Waals surface area contributed by atoms with Gasteiger partial charge in [-0.25, -0.2) is 28.0 Å². The Bertz CT molecular complexity index is 4480. The fourth-order valence-corrected chi connectivity index (χ4v) is 20.4. The zero-order valence-corrected chi connectivity index (χ0v) is 74.5. The van der Waals surface area contributed by atoms with Crippen molar-refractivity contribution in [3.8, 4) is 0 Å². The standard InChI is InChI=1S/2C48H58FN7O10/c2*1-63-47(61)52-41(31-21-25-65-27-31)45(59)54-23-3-5-39(54)43(57)50-34-13-7-29(8-14-34)37-19-20-38(56(37)36-17-11-33(49)12-18-36)30-9-15-35(16-10-30)51-44(58)40-6-4-24-55(40)46(60)42(53-48(62)64-2)32-22-26-66-28-32/h2*7-18,31-32,37-42H,3-6,19-28H2,1-2H3,(H,50,57)(H,51,58)(H,52,61)(H,53,62)/t31-,32-,37+,38+,39-,40-,41-,42-;31-,32-,37-,38-,39-,40-,41-,42-/m00/s1. The van der Waals surface area contributed by atoms with E-state index in [1.807, 2.05) is 97.1 Å². The molecule has 6 aromatic rings. The maximum absolute atomic E-state index is 14.2. The van der Waals surface area contributed by atoms with Gasteiger partial charge < -0.3 is 110 Å². The monoisotopic (exact) mass is 1820 g/mol. The van der Waals surface area contributed by atoms with Gasteiger partial charge >= 0.3 is 24.4 Å². The van der Waals surface area contributed by atoms with Crippen LogP contribution in [-0.4, -0.2) is 247 Å². The Morgan fingerprint density at radius 2 is 0.508 bits per heavy atom. The largest absolute Gasteiger partial charge is 0.453 e. The van der Waals surface area contributed by atoms with E-state index in [4.69, 9.17) is 37.9 Å². The average molecular weight is 1820 g/mol. The van der Waals surface area contributed by atoms with Crippen molar-refractivity contribution in [2.75, 3.05) is 139 Å². The molecule has 10 saturated heterocycles. The van der Waals surface area contributed by atoms with Crippen molar-refractivity contribution in [1.82, 2.24) is 40.9 Å².